The van der Waals surface area contributed by atoms with Crippen LogP contribution in [0, 0.1) is 0 Å². The van der Waals surface area contributed by atoms with E-state index in [2.05, 4.69) is 60.9 Å². The summed E-state index contributed by atoms with van der Waals surface area (Å²) in [5, 5.41) is 1.08. The van der Waals surface area contributed by atoms with Gasteiger partial charge in [0.1, 0.15) is 16.9 Å². The Balaban J connectivity index is 1.45. The third-order valence-corrected chi connectivity index (χ3v) is 7.03. The lowest BCUT2D eigenvalue weighted by Crippen LogP contribution is -2.46. The maximum Gasteiger partial charge on any atom is 0.309 e. The van der Waals surface area contributed by atoms with E-state index in [1.807, 2.05) is 34.6 Å². The number of H-pyrrole nitrogens is 1. The van der Waals surface area contributed by atoms with E-state index in [0.717, 1.165) is 85.8 Å². The van der Waals surface area contributed by atoms with Gasteiger partial charge in [0, 0.05) is 18.4 Å². The molecular weight excluding hydrogens is 514 g/mol. The summed E-state index contributed by atoms with van der Waals surface area (Å²) in [6.45, 7) is 17.7. The van der Waals surface area contributed by atoms with Crippen LogP contribution in [0.4, 0.5) is 5.82 Å². The number of likely N-dealkylation sites (N-methyl/N-ethyl adjacent to an activating group) is 1. The third kappa shape index (κ3) is 10.3. The number of fused-ring (bicyclic) bond motifs is 3. The number of aromatic amines is 1. The van der Waals surface area contributed by atoms with Gasteiger partial charge in [0.05, 0.1) is 28.7 Å². The van der Waals surface area contributed by atoms with Gasteiger partial charge in [-0.2, -0.15) is 0 Å². The highest BCUT2D eigenvalue weighted by Gasteiger charge is 2.33. The van der Waals surface area contributed by atoms with Crippen LogP contribution in [-0.2, 0) is 27.1 Å². The predicted molar refractivity (Wildman–Crippen MR) is 169 cm³/mol. The SMILES string of the molecule is CCCCc1nc2c(N)nc3cc(CCCCCN(C)CC(C)(C)OC(C)(C)CC(=O)OC(C)(C)C)ccc3c2[nH]1. The van der Waals surface area contributed by atoms with Crippen LogP contribution in [0.25, 0.3) is 21.9 Å². The minimum atomic E-state index is -0.605. The zero-order valence-corrected chi connectivity index (χ0v) is 26.9. The van der Waals surface area contributed by atoms with Crippen molar-refractivity contribution in [2.45, 2.75) is 124 Å². The van der Waals surface area contributed by atoms with E-state index in [4.69, 9.17) is 20.2 Å². The summed E-state index contributed by atoms with van der Waals surface area (Å²) in [5.74, 6) is 1.24. The second-order valence-electron chi connectivity index (χ2n) is 13.8. The quantitative estimate of drug-likeness (QED) is 0.151. The van der Waals surface area contributed by atoms with Gasteiger partial charge in [-0.1, -0.05) is 31.9 Å². The van der Waals surface area contributed by atoms with E-state index in [9.17, 15) is 4.79 Å². The molecule has 0 bridgehead atoms. The minimum absolute atomic E-state index is 0.223. The fourth-order valence-electron chi connectivity index (χ4n) is 5.64. The van der Waals surface area contributed by atoms with E-state index in [0.29, 0.717) is 5.82 Å². The molecule has 228 valence electrons. The summed E-state index contributed by atoms with van der Waals surface area (Å²) < 4.78 is 11.9. The average molecular weight is 568 g/mol. The number of hydrogen-bond donors (Lipinski definition) is 2. The first kappa shape index (κ1) is 32.8. The summed E-state index contributed by atoms with van der Waals surface area (Å²) in [6, 6.07) is 6.53. The first-order chi connectivity index (χ1) is 19.1. The molecular formula is C33H53N5O3. The Morgan fingerprint density at radius 1 is 0.976 bits per heavy atom. The fourth-order valence-corrected chi connectivity index (χ4v) is 5.64. The van der Waals surface area contributed by atoms with Crippen LogP contribution in [0.1, 0.15) is 105 Å². The number of nitrogen functional groups attached to an aromatic ring is 1. The number of esters is 1. The molecule has 1 aromatic carbocycles. The Morgan fingerprint density at radius 3 is 2.39 bits per heavy atom. The molecule has 8 heteroatoms. The second kappa shape index (κ2) is 13.5. The number of aryl methyl sites for hydroxylation is 2. The minimum Gasteiger partial charge on any atom is -0.460 e. The van der Waals surface area contributed by atoms with Crippen molar-refractivity contribution in [1.29, 1.82) is 0 Å². The summed E-state index contributed by atoms with van der Waals surface area (Å²) >= 11 is 0. The fraction of sp³-hybridized carbons (Fsp3) is 0.667. The molecule has 0 radical (unpaired) electrons. The lowest BCUT2D eigenvalue weighted by molar-refractivity contribution is -0.172. The topological polar surface area (TPSA) is 106 Å². The number of rotatable bonds is 15. The molecule has 0 aliphatic rings. The molecule has 3 aromatic rings. The monoisotopic (exact) mass is 567 g/mol. The smallest absolute Gasteiger partial charge is 0.309 e. The Kier molecular flexibility index (Phi) is 10.8. The molecule has 0 saturated heterocycles. The van der Waals surface area contributed by atoms with Gasteiger partial charge in [-0.25, -0.2) is 9.97 Å². The number of carbonyl (C=O) groups is 1. The summed E-state index contributed by atoms with van der Waals surface area (Å²) in [4.78, 5) is 27.5. The standard InChI is InChI=1S/C33H53N5O3/c1-10-11-16-26-36-28-24-18-17-23(20-25(24)35-30(34)29(28)37-26)15-13-12-14-19-38(9)22-33(7,8)41-32(5,6)21-27(39)40-31(2,3)4/h17-18,20H,10-16,19,21-22H2,1-9H3,(H2,34,35)(H,36,37). The maximum atomic E-state index is 12.3. The summed E-state index contributed by atoms with van der Waals surface area (Å²) in [6.07, 6.45) is 7.77. The highest BCUT2D eigenvalue weighted by Crippen LogP contribution is 2.28. The lowest BCUT2D eigenvalue weighted by Gasteiger charge is -2.38. The van der Waals surface area contributed by atoms with Crippen LogP contribution in [0.5, 0.6) is 0 Å². The Morgan fingerprint density at radius 2 is 1.71 bits per heavy atom. The van der Waals surface area contributed by atoms with E-state index < -0.39 is 16.8 Å². The van der Waals surface area contributed by atoms with E-state index >= 15 is 0 Å². The molecule has 41 heavy (non-hydrogen) atoms. The van der Waals surface area contributed by atoms with Gasteiger partial charge in [-0.05, 0) is 99.4 Å². The zero-order chi connectivity index (χ0) is 30.4. The van der Waals surface area contributed by atoms with Crippen LogP contribution < -0.4 is 5.73 Å². The molecule has 3 N–H and O–H groups in total. The van der Waals surface area contributed by atoms with Gasteiger partial charge in [-0.15, -0.1) is 0 Å². The number of hydrogen-bond acceptors (Lipinski definition) is 7. The number of imidazole rings is 1. The average Bonchev–Trinajstić information content (AvgIpc) is 3.24. The highest BCUT2D eigenvalue weighted by molar-refractivity contribution is 6.06. The number of aromatic nitrogens is 3. The van der Waals surface area contributed by atoms with Crippen molar-refractivity contribution in [3.8, 4) is 0 Å². The van der Waals surface area contributed by atoms with Crippen molar-refractivity contribution < 1.29 is 14.3 Å². The normalized spacial score (nSPS) is 13.0. The van der Waals surface area contributed by atoms with Gasteiger partial charge in [0.25, 0.3) is 0 Å². The van der Waals surface area contributed by atoms with Gasteiger partial charge >= 0.3 is 5.97 Å². The largest absolute Gasteiger partial charge is 0.460 e. The Labute approximate surface area is 246 Å². The van der Waals surface area contributed by atoms with Gasteiger partial charge in [0.2, 0.25) is 0 Å². The molecule has 0 atom stereocenters. The molecule has 0 unspecified atom stereocenters. The summed E-state index contributed by atoms with van der Waals surface area (Å²) in [5.41, 5.74) is 8.77. The molecule has 0 saturated carbocycles. The number of anilines is 1. The number of unbranched alkanes of at least 4 members (excludes halogenated alkanes) is 3. The number of carbonyl (C=O) groups excluding carboxylic acids is 1. The Bertz CT molecular complexity index is 1310. The van der Waals surface area contributed by atoms with Crippen molar-refractivity contribution >= 4 is 33.7 Å². The number of pyridine rings is 1. The molecule has 2 aromatic heterocycles. The van der Waals surface area contributed by atoms with Gasteiger partial charge < -0.3 is 25.1 Å². The first-order valence-corrected chi connectivity index (χ1v) is 15.2. The number of nitrogens with one attached hydrogen (secondary N) is 1. The van der Waals surface area contributed by atoms with Crippen LogP contribution in [0.2, 0.25) is 0 Å². The molecule has 0 fully saturated rings. The van der Waals surface area contributed by atoms with E-state index in [1.54, 1.807) is 0 Å². The van der Waals surface area contributed by atoms with Crippen molar-refractivity contribution in [3.05, 3.63) is 29.6 Å². The molecule has 2 heterocycles. The first-order valence-electron chi connectivity index (χ1n) is 15.2. The highest BCUT2D eigenvalue weighted by atomic mass is 16.6. The lowest BCUT2D eigenvalue weighted by atomic mass is 10.0. The van der Waals surface area contributed by atoms with Crippen molar-refractivity contribution in [2.75, 3.05) is 25.9 Å². The van der Waals surface area contributed by atoms with Crippen LogP contribution >= 0.6 is 0 Å². The zero-order valence-electron chi connectivity index (χ0n) is 26.9. The molecule has 8 nitrogen and oxygen atoms in total. The van der Waals surface area contributed by atoms with Crippen LogP contribution in [0.15, 0.2) is 18.2 Å². The molecule has 0 aliphatic carbocycles. The molecule has 3 rings (SSSR count). The Hall–Kier alpha value is -2.71. The predicted octanol–water partition coefficient (Wildman–Crippen LogP) is 6.99. The number of ether oxygens (including phenoxy) is 2. The molecule has 0 amide bonds. The number of nitrogens with two attached hydrogens (primary N) is 1. The summed E-state index contributed by atoms with van der Waals surface area (Å²) in [7, 11) is 2.13. The van der Waals surface area contributed by atoms with E-state index in [1.165, 1.54) is 5.56 Å². The van der Waals surface area contributed by atoms with Crippen molar-refractivity contribution in [1.82, 2.24) is 19.9 Å². The second-order valence-corrected chi connectivity index (χ2v) is 13.8. The van der Waals surface area contributed by atoms with Crippen molar-refractivity contribution in [3.63, 3.8) is 0 Å². The van der Waals surface area contributed by atoms with Crippen molar-refractivity contribution in [2.24, 2.45) is 0 Å². The number of nitrogens with zero attached hydrogens (tertiary/aromatic N) is 3. The van der Waals surface area contributed by atoms with Crippen LogP contribution in [0.3, 0.4) is 0 Å². The number of benzene rings is 1. The third-order valence-electron chi connectivity index (χ3n) is 7.03. The molecule has 0 aliphatic heterocycles. The van der Waals surface area contributed by atoms with Crippen LogP contribution in [-0.4, -0.2) is 62.8 Å². The maximum absolute atomic E-state index is 12.3. The van der Waals surface area contributed by atoms with E-state index in [-0.39, 0.29) is 12.4 Å². The molecule has 0 spiro atoms. The van der Waals surface area contributed by atoms with Gasteiger partial charge in [-0.3, -0.25) is 4.79 Å². The van der Waals surface area contributed by atoms with Gasteiger partial charge in [0.15, 0.2) is 5.82 Å².